The average Bonchev–Trinajstić information content (AvgIpc) is 2.46. The van der Waals surface area contributed by atoms with Crippen molar-refractivity contribution in [1.29, 1.82) is 0 Å². The Hall–Kier alpha value is -1.04. The Morgan fingerprint density at radius 1 is 1.29 bits per heavy atom. The molecule has 74 valence electrons. The highest BCUT2D eigenvalue weighted by atomic mass is 79.9. The maximum Gasteiger partial charge on any atom is 0.417 e. The number of hydrogen-bond donors (Lipinski definition) is 0. The van der Waals surface area contributed by atoms with Gasteiger partial charge in [-0.05, 0) is 28.1 Å². The number of hydrogen-bond acceptors (Lipinski definition) is 1. The van der Waals surface area contributed by atoms with E-state index in [-0.39, 0.29) is 0 Å². The van der Waals surface area contributed by atoms with Crippen LogP contribution in [0.1, 0.15) is 5.56 Å². The topological polar surface area (TPSA) is 17.3 Å². The molecule has 2 heterocycles. The summed E-state index contributed by atoms with van der Waals surface area (Å²) in [6.07, 6.45) is -1.82. The first-order valence-corrected chi connectivity index (χ1v) is 4.47. The Bertz CT molecular complexity index is 475. The summed E-state index contributed by atoms with van der Waals surface area (Å²) in [6.45, 7) is 0. The maximum atomic E-state index is 12.3. The summed E-state index contributed by atoms with van der Waals surface area (Å²) in [7, 11) is 0. The quantitative estimate of drug-likeness (QED) is 0.715. The van der Waals surface area contributed by atoms with Gasteiger partial charge in [0.25, 0.3) is 0 Å². The minimum Gasteiger partial charge on any atom is -0.294 e. The molecule has 0 aliphatic heterocycles. The van der Waals surface area contributed by atoms with E-state index in [9.17, 15) is 13.2 Å². The van der Waals surface area contributed by atoms with Gasteiger partial charge in [-0.2, -0.15) is 13.2 Å². The number of rotatable bonds is 0. The van der Waals surface area contributed by atoms with Crippen LogP contribution in [-0.4, -0.2) is 9.38 Å². The molecular weight excluding hydrogens is 261 g/mol. The molecule has 2 aromatic rings. The largest absolute Gasteiger partial charge is 0.417 e. The molecule has 0 saturated heterocycles. The van der Waals surface area contributed by atoms with E-state index in [4.69, 9.17) is 0 Å². The molecule has 0 amide bonds. The van der Waals surface area contributed by atoms with Crippen molar-refractivity contribution in [3.8, 4) is 0 Å². The molecule has 2 aromatic heterocycles. The van der Waals surface area contributed by atoms with Crippen LogP contribution in [0.15, 0.2) is 29.3 Å². The first kappa shape index (κ1) is 9.51. The van der Waals surface area contributed by atoms with Gasteiger partial charge >= 0.3 is 6.18 Å². The van der Waals surface area contributed by atoms with Crippen molar-refractivity contribution in [2.45, 2.75) is 6.18 Å². The Balaban J connectivity index is 2.66. The molecule has 0 aliphatic carbocycles. The van der Waals surface area contributed by atoms with Gasteiger partial charge in [0, 0.05) is 6.20 Å². The van der Waals surface area contributed by atoms with E-state index in [1.165, 1.54) is 16.7 Å². The first-order valence-electron chi connectivity index (χ1n) is 3.68. The van der Waals surface area contributed by atoms with Crippen molar-refractivity contribution in [3.63, 3.8) is 0 Å². The van der Waals surface area contributed by atoms with Crippen molar-refractivity contribution in [1.82, 2.24) is 9.38 Å². The monoisotopic (exact) mass is 264 g/mol. The second-order valence-electron chi connectivity index (χ2n) is 2.74. The number of fused-ring (bicyclic) bond motifs is 1. The summed E-state index contributed by atoms with van der Waals surface area (Å²) < 4.78 is 38.6. The van der Waals surface area contributed by atoms with Crippen LogP contribution < -0.4 is 0 Å². The normalized spacial score (nSPS) is 12.3. The standard InChI is InChI=1S/C8H4BrF3N2/c9-7-13-3-6-2-1-5(4-14(6)7)8(10,11)12/h1-4H. The van der Waals surface area contributed by atoms with Crippen LogP contribution >= 0.6 is 15.9 Å². The second-order valence-corrected chi connectivity index (χ2v) is 3.45. The maximum absolute atomic E-state index is 12.3. The van der Waals surface area contributed by atoms with Gasteiger partial charge in [-0.25, -0.2) is 4.98 Å². The minimum absolute atomic E-state index is 0.360. The van der Waals surface area contributed by atoms with Crippen LogP contribution in [0, 0.1) is 0 Å². The zero-order valence-corrected chi connectivity index (χ0v) is 8.30. The third-order valence-electron chi connectivity index (χ3n) is 1.81. The lowest BCUT2D eigenvalue weighted by Gasteiger charge is -2.06. The summed E-state index contributed by atoms with van der Waals surface area (Å²) in [6, 6.07) is 2.41. The molecule has 2 nitrogen and oxygen atoms in total. The highest BCUT2D eigenvalue weighted by Gasteiger charge is 2.30. The molecule has 0 aromatic carbocycles. The van der Waals surface area contributed by atoms with E-state index < -0.39 is 11.7 Å². The Kier molecular flexibility index (Phi) is 2.02. The molecule has 0 unspecified atom stereocenters. The molecule has 0 radical (unpaired) electrons. The third-order valence-corrected chi connectivity index (χ3v) is 2.40. The molecule has 6 heteroatoms. The van der Waals surface area contributed by atoms with Crippen LogP contribution in [-0.2, 0) is 6.18 Å². The van der Waals surface area contributed by atoms with Crippen LogP contribution in [0.25, 0.3) is 5.52 Å². The minimum atomic E-state index is -4.32. The molecule has 0 saturated carbocycles. The van der Waals surface area contributed by atoms with Crippen molar-refractivity contribution in [2.75, 3.05) is 0 Å². The number of imidazole rings is 1. The average molecular weight is 265 g/mol. The van der Waals surface area contributed by atoms with Crippen molar-refractivity contribution < 1.29 is 13.2 Å². The fraction of sp³-hybridized carbons (Fsp3) is 0.125. The summed E-state index contributed by atoms with van der Waals surface area (Å²) in [5, 5.41) is 0. The highest BCUT2D eigenvalue weighted by Crippen LogP contribution is 2.29. The van der Waals surface area contributed by atoms with Crippen LogP contribution in [0.4, 0.5) is 13.2 Å². The lowest BCUT2D eigenvalue weighted by molar-refractivity contribution is -0.137. The summed E-state index contributed by atoms with van der Waals surface area (Å²) in [5.74, 6) is 0. The number of nitrogens with zero attached hydrogens (tertiary/aromatic N) is 2. The Morgan fingerprint density at radius 2 is 2.00 bits per heavy atom. The Morgan fingerprint density at radius 3 is 2.64 bits per heavy atom. The fourth-order valence-electron chi connectivity index (χ4n) is 1.13. The van der Waals surface area contributed by atoms with Gasteiger partial charge in [-0.3, -0.25) is 4.40 Å². The lowest BCUT2D eigenvalue weighted by Crippen LogP contribution is -2.06. The third kappa shape index (κ3) is 1.50. The van der Waals surface area contributed by atoms with E-state index in [0.717, 1.165) is 12.3 Å². The summed E-state index contributed by atoms with van der Waals surface area (Å²) in [5.41, 5.74) is -0.0754. The number of alkyl halides is 3. The highest BCUT2D eigenvalue weighted by molar-refractivity contribution is 9.10. The van der Waals surface area contributed by atoms with E-state index in [1.54, 1.807) is 0 Å². The SMILES string of the molecule is FC(F)(F)c1ccc2cnc(Br)n2c1. The molecule has 0 atom stereocenters. The first-order chi connectivity index (χ1) is 6.48. The van der Waals surface area contributed by atoms with Crippen LogP contribution in [0.3, 0.4) is 0 Å². The molecular formula is C8H4BrF3N2. The van der Waals surface area contributed by atoms with Gasteiger partial charge in [0.2, 0.25) is 0 Å². The number of halogens is 4. The lowest BCUT2D eigenvalue weighted by atomic mass is 10.2. The van der Waals surface area contributed by atoms with Crippen LogP contribution in [0.5, 0.6) is 0 Å². The molecule has 0 fully saturated rings. The molecule has 0 bridgehead atoms. The zero-order chi connectivity index (χ0) is 10.3. The van der Waals surface area contributed by atoms with Gasteiger partial charge < -0.3 is 0 Å². The van der Waals surface area contributed by atoms with E-state index in [0.29, 0.717) is 10.3 Å². The molecule has 0 aliphatic rings. The van der Waals surface area contributed by atoms with Gasteiger partial charge in [0.1, 0.15) is 0 Å². The van der Waals surface area contributed by atoms with Crippen LogP contribution in [0.2, 0.25) is 0 Å². The second kappa shape index (κ2) is 2.98. The molecule has 0 N–H and O–H groups in total. The van der Waals surface area contributed by atoms with Gasteiger partial charge in [-0.15, -0.1) is 0 Å². The number of pyridine rings is 1. The summed E-state index contributed by atoms with van der Waals surface area (Å²) in [4.78, 5) is 3.83. The van der Waals surface area contributed by atoms with E-state index >= 15 is 0 Å². The smallest absolute Gasteiger partial charge is 0.294 e. The van der Waals surface area contributed by atoms with E-state index in [2.05, 4.69) is 20.9 Å². The molecule has 2 rings (SSSR count). The molecule has 14 heavy (non-hydrogen) atoms. The molecule has 0 spiro atoms. The van der Waals surface area contributed by atoms with Crippen molar-refractivity contribution in [2.24, 2.45) is 0 Å². The predicted molar refractivity (Wildman–Crippen MR) is 47.9 cm³/mol. The van der Waals surface area contributed by atoms with Crippen molar-refractivity contribution in [3.05, 3.63) is 34.8 Å². The fourth-order valence-corrected chi connectivity index (χ4v) is 1.54. The van der Waals surface area contributed by atoms with Gasteiger partial charge in [0.15, 0.2) is 4.73 Å². The van der Waals surface area contributed by atoms with Gasteiger partial charge in [-0.1, -0.05) is 0 Å². The van der Waals surface area contributed by atoms with Crippen molar-refractivity contribution >= 4 is 21.4 Å². The predicted octanol–water partition coefficient (Wildman–Crippen LogP) is 3.12. The Labute approximate surface area is 85.5 Å². The number of aromatic nitrogens is 2. The van der Waals surface area contributed by atoms with Gasteiger partial charge in [0.05, 0.1) is 17.3 Å². The van der Waals surface area contributed by atoms with E-state index in [1.807, 2.05) is 0 Å². The summed E-state index contributed by atoms with van der Waals surface area (Å²) >= 11 is 3.05. The zero-order valence-electron chi connectivity index (χ0n) is 6.72.